The Hall–Kier alpha value is -1.91. The fourth-order valence-electron chi connectivity index (χ4n) is 2.09. The molecule has 2 N–H and O–H groups in total. The number of primary sulfonamides is 1. The molecule has 1 saturated heterocycles. The van der Waals surface area contributed by atoms with Crippen LogP contribution in [-0.2, 0) is 14.8 Å². The van der Waals surface area contributed by atoms with Crippen LogP contribution in [0, 0.1) is 18.3 Å². The fourth-order valence-corrected chi connectivity index (χ4v) is 2.82. The monoisotopic (exact) mass is 279 g/mol. The van der Waals surface area contributed by atoms with E-state index in [0.717, 1.165) is 5.56 Å². The van der Waals surface area contributed by atoms with Crippen molar-refractivity contribution in [1.82, 2.24) is 0 Å². The number of amides is 1. The van der Waals surface area contributed by atoms with Crippen LogP contribution in [-0.4, -0.2) is 26.1 Å². The van der Waals surface area contributed by atoms with E-state index in [9.17, 15) is 13.2 Å². The van der Waals surface area contributed by atoms with Crippen molar-refractivity contribution in [3.63, 3.8) is 0 Å². The third kappa shape index (κ3) is 2.59. The predicted molar refractivity (Wildman–Crippen MR) is 69.8 cm³/mol. The van der Waals surface area contributed by atoms with Gasteiger partial charge in [-0.2, -0.15) is 5.26 Å². The number of nitriles is 1. The minimum atomic E-state index is -3.71. The lowest BCUT2D eigenvalue weighted by Gasteiger charge is -2.17. The molecule has 1 unspecified atom stereocenters. The average molecular weight is 279 g/mol. The minimum Gasteiger partial charge on any atom is -0.311 e. The van der Waals surface area contributed by atoms with Gasteiger partial charge in [0.25, 0.3) is 0 Å². The van der Waals surface area contributed by atoms with Crippen molar-refractivity contribution in [2.75, 3.05) is 11.4 Å². The first-order valence-corrected chi connectivity index (χ1v) is 7.26. The molecule has 1 heterocycles. The summed E-state index contributed by atoms with van der Waals surface area (Å²) in [4.78, 5) is 13.2. The van der Waals surface area contributed by atoms with Crippen molar-refractivity contribution in [3.8, 4) is 6.07 Å². The molecular formula is C12H13N3O3S. The van der Waals surface area contributed by atoms with Crippen molar-refractivity contribution in [1.29, 1.82) is 5.26 Å². The van der Waals surface area contributed by atoms with Gasteiger partial charge in [-0.1, -0.05) is 0 Å². The minimum absolute atomic E-state index is 0.0585. The second kappa shape index (κ2) is 4.64. The van der Waals surface area contributed by atoms with Crippen LogP contribution < -0.4 is 10.0 Å². The highest BCUT2D eigenvalue weighted by atomic mass is 32.2. The molecule has 0 spiro atoms. The number of hydrogen-bond acceptors (Lipinski definition) is 4. The molecule has 100 valence electrons. The molecule has 0 aliphatic carbocycles. The van der Waals surface area contributed by atoms with E-state index in [1.807, 2.05) is 6.07 Å². The van der Waals surface area contributed by atoms with Gasteiger partial charge in [-0.25, -0.2) is 13.6 Å². The van der Waals surface area contributed by atoms with Crippen molar-refractivity contribution in [3.05, 3.63) is 29.3 Å². The Morgan fingerprint density at radius 3 is 2.63 bits per heavy atom. The van der Waals surface area contributed by atoms with Crippen molar-refractivity contribution in [2.45, 2.75) is 18.6 Å². The highest BCUT2D eigenvalue weighted by Crippen LogP contribution is 2.25. The molecule has 0 saturated carbocycles. The number of aryl methyl sites for hydroxylation is 1. The molecule has 1 aromatic carbocycles. The summed E-state index contributed by atoms with van der Waals surface area (Å²) in [5, 5.41) is 13.1. The van der Waals surface area contributed by atoms with E-state index in [2.05, 4.69) is 0 Å². The molecule has 1 aliphatic rings. The van der Waals surface area contributed by atoms with Gasteiger partial charge in [0.2, 0.25) is 15.9 Å². The van der Waals surface area contributed by atoms with Crippen LogP contribution in [0.25, 0.3) is 0 Å². The largest absolute Gasteiger partial charge is 0.311 e. The molecule has 1 aliphatic heterocycles. The van der Waals surface area contributed by atoms with E-state index in [1.54, 1.807) is 25.1 Å². The van der Waals surface area contributed by atoms with E-state index in [0.29, 0.717) is 11.3 Å². The van der Waals surface area contributed by atoms with Crippen molar-refractivity contribution >= 4 is 21.6 Å². The Morgan fingerprint density at radius 2 is 2.16 bits per heavy atom. The van der Waals surface area contributed by atoms with Gasteiger partial charge in [-0.15, -0.1) is 0 Å². The van der Waals surface area contributed by atoms with E-state index >= 15 is 0 Å². The van der Waals surface area contributed by atoms with E-state index in [4.69, 9.17) is 10.4 Å². The maximum atomic E-state index is 11.8. The van der Waals surface area contributed by atoms with Crippen LogP contribution in [0.5, 0.6) is 0 Å². The highest BCUT2D eigenvalue weighted by molar-refractivity contribution is 7.89. The van der Waals surface area contributed by atoms with Crippen LogP contribution in [0.4, 0.5) is 5.69 Å². The first kappa shape index (κ1) is 13.5. The number of nitrogens with two attached hydrogens (primary N) is 1. The zero-order valence-corrected chi connectivity index (χ0v) is 11.1. The molecule has 0 radical (unpaired) electrons. The normalized spacial score (nSPS) is 19.5. The van der Waals surface area contributed by atoms with Gasteiger partial charge in [0, 0.05) is 18.7 Å². The predicted octanol–water partition coefficient (Wildman–Crippen LogP) is 0.260. The summed E-state index contributed by atoms with van der Waals surface area (Å²) in [7, 11) is -3.71. The number of nitrogens with zero attached hydrogens (tertiary/aromatic N) is 2. The smallest absolute Gasteiger partial charge is 0.228 e. The second-order valence-electron chi connectivity index (χ2n) is 4.53. The van der Waals surface area contributed by atoms with Gasteiger partial charge in [-0.3, -0.25) is 4.79 Å². The first-order chi connectivity index (χ1) is 8.82. The summed E-state index contributed by atoms with van der Waals surface area (Å²) >= 11 is 0. The average Bonchev–Trinajstić information content (AvgIpc) is 2.71. The maximum absolute atomic E-state index is 11.8. The molecule has 6 nitrogen and oxygen atoms in total. The number of anilines is 1. The molecule has 19 heavy (non-hydrogen) atoms. The lowest BCUT2D eigenvalue weighted by atomic mass is 10.1. The van der Waals surface area contributed by atoms with Crippen LogP contribution in [0.15, 0.2) is 18.2 Å². The maximum Gasteiger partial charge on any atom is 0.228 e. The molecule has 0 bridgehead atoms. The topological polar surface area (TPSA) is 104 Å². The summed E-state index contributed by atoms with van der Waals surface area (Å²) in [5.74, 6) is -0.275. The van der Waals surface area contributed by atoms with Gasteiger partial charge in [-0.05, 0) is 30.7 Å². The quantitative estimate of drug-likeness (QED) is 0.838. The van der Waals surface area contributed by atoms with Crippen LogP contribution in [0.3, 0.4) is 0 Å². The van der Waals surface area contributed by atoms with Gasteiger partial charge in [0.1, 0.15) is 5.25 Å². The lowest BCUT2D eigenvalue weighted by Crippen LogP contribution is -2.32. The Kier molecular flexibility index (Phi) is 3.30. The highest BCUT2D eigenvalue weighted by Gasteiger charge is 2.37. The molecule has 7 heteroatoms. The van der Waals surface area contributed by atoms with Crippen LogP contribution >= 0.6 is 0 Å². The molecule has 1 amide bonds. The Balaban J connectivity index is 2.31. The summed E-state index contributed by atoms with van der Waals surface area (Å²) in [6, 6.07) is 6.98. The molecule has 1 fully saturated rings. The zero-order chi connectivity index (χ0) is 14.2. The van der Waals surface area contributed by atoms with Crippen molar-refractivity contribution in [2.24, 2.45) is 5.14 Å². The third-order valence-corrected chi connectivity index (χ3v) is 4.44. The Morgan fingerprint density at radius 1 is 1.47 bits per heavy atom. The molecule has 2 rings (SSSR count). The Labute approximate surface area is 111 Å². The number of sulfonamides is 1. The number of rotatable bonds is 2. The molecule has 1 atom stereocenters. The van der Waals surface area contributed by atoms with E-state index in [1.165, 1.54) is 4.90 Å². The zero-order valence-electron chi connectivity index (χ0n) is 10.3. The van der Waals surface area contributed by atoms with Gasteiger partial charge < -0.3 is 4.90 Å². The molecule has 0 aromatic heterocycles. The molecule has 1 aromatic rings. The fraction of sp³-hybridized carbons (Fsp3) is 0.333. The SMILES string of the molecule is Cc1cc(N2CC(S(N)(=O)=O)CC2=O)ccc1C#N. The number of hydrogen-bond donors (Lipinski definition) is 1. The van der Waals surface area contributed by atoms with Gasteiger partial charge in [0.15, 0.2) is 0 Å². The van der Waals surface area contributed by atoms with Gasteiger partial charge in [0.05, 0.1) is 11.6 Å². The van der Waals surface area contributed by atoms with Crippen LogP contribution in [0.2, 0.25) is 0 Å². The summed E-state index contributed by atoms with van der Waals surface area (Å²) in [6.45, 7) is 1.82. The van der Waals surface area contributed by atoms with Crippen LogP contribution in [0.1, 0.15) is 17.5 Å². The molecular weight excluding hydrogens is 266 g/mol. The van der Waals surface area contributed by atoms with E-state index in [-0.39, 0.29) is 18.9 Å². The standard InChI is InChI=1S/C12H13N3O3S/c1-8-4-10(3-2-9(8)6-13)15-7-11(5-12(15)16)19(14,17)18/h2-4,11H,5,7H2,1H3,(H2,14,17,18). The lowest BCUT2D eigenvalue weighted by molar-refractivity contribution is -0.117. The second-order valence-corrected chi connectivity index (χ2v) is 6.38. The third-order valence-electron chi connectivity index (χ3n) is 3.20. The van der Waals surface area contributed by atoms with Crippen molar-refractivity contribution < 1.29 is 13.2 Å². The summed E-state index contributed by atoms with van der Waals surface area (Å²) in [6.07, 6.45) is -0.0993. The number of carbonyl (C=O) groups is 1. The Bertz CT molecular complexity index is 676. The number of carbonyl (C=O) groups excluding carboxylic acids is 1. The van der Waals surface area contributed by atoms with E-state index < -0.39 is 15.3 Å². The summed E-state index contributed by atoms with van der Waals surface area (Å²) in [5.41, 5.74) is 1.86. The van der Waals surface area contributed by atoms with Gasteiger partial charge >= 0.3 is 0 Å². The number of benzene rings is 1. The first-order valence-electron chi connectivity index (χ1n) is 5.65. The summed E-state index contributed by atoms with van der Waals surface area (Å²) < 4.78 is 22.6.